The molecule has 1 fully saturated rings. The molecule has 1 aliphatic heterocycles. The van der Waals surface area contributed by atoms with E-state index < -0.39 is 0 Å². The maximum absolute atomic E-state index is 6.16. The number of alkyl halides is 1. The second-order valence-corrected chi connectivity index (χ2v) is 6.10. The van der Waals surface area contributed by atoms with E-state index in [2.05, 4.69) is 15.9 Å². The topological polar surface area (TPSA) is 9.23 Å². The highest BCUT2D eigenvalue weighted by Gasteiger charge is 2.24. The van der Waals surface area contributed by atoms with E-state index in [0.717, 1.165) is 36.6 Å². The lowest BCUT2D eigenvalue weighted by Gasteiger charge is -2.27. The van der Waals surface area contributed by atoms with Crippen molar-refractivity contribution in [2.45, 2.75) is 17.7 Å². The number of ether oxygens (including phenoxy) is 1. The Morgan fingerprint density at radius 3 is 2.88 bits per heavy atom. The molecule has 4 heteroatoms. The van der Waals surface area contributed by atoms with Crippen molar-refractivity contribution in [1.82, 2.24) is 0 Å². The summed E-state index contributed by atoms with van der Waals surface area (Å²) in [4.78, 5) is 0.521. The van der Waals surface area contributed by atoms with Gasteiger partial charge in [-0.25, -0.2) is 0 Å². The van der Waals surface area contributed by atoms with E-state index in [9.17, 15) is 0 Å². The predicted molar refractivity (Wildman–Crippen MR) is 71.8 cm³/mol. The van der Waals surface area contributed by atoms with Crippen LogP contribution in [0.25, 0.3) is 0 Å². The second kappa shape index (κ2) is 5.72. The zero-order chi connectivity index (χ0) is 11.5. The highest BCUT2D eigenvalue weighted by Crippen LogP contribution is 2.29. The Morgan fingerprint density at radius 1 is 1.38 bits per heavy atom. The van der Waals surface area contributed by atoms with Crippen LogP contribution in [0.3, 0.4) is 0 Å². The first-order valence-corrected chi connectivity index (χ1v) is 6.99. The van der Waals surface area contributed by atoms with Gasteiger partial charge < -0.3 is 4.74 Å². The van der Waals surface area contributed by atoms with Crippen molar-refractivity contribution in [3.8, 4) is 0 Å². The van der Waals surface area contributed by atoms with E-state index in [0.29, 0.717) is 15.8 Å². The van der Waals surface area contributed by atoms with E-state index in [1.807, 2.05) is 12.1 Å². The Hall–Kier alpha value is 0.240. The third kappa shape index (κ3) is 3.13. The average Bonchev–Trinajstić information content (AvgIpc) is 2.25. The lowest BCUT2D eigenvalue weighted by Crippen LogP contribution is -2.29. The fourth-order valence-electron chi connectivity index (χ4n) is 1.93. The minimum absolute atomic E-state index is 0.493. The largest absolute Gasteiger partial charge is 0.381 e. The first-order chi connectivity index (χ1) is 7.66. The van der Waals surface area contributed by atoms with Gasteiger partial charge in [0.25, 0.3) is 0 Å². The number of hydrogen-bond donors (Lipinski definition) is 0. The van der Waals surface area contributed by atoms with Gasteiger partial charge in [0.2, 0.25) is 0 Å². The third-order valence-corrected chi connectivity index (χ3v) is 4.67. The van der Waals surface area contributed by atoms with Crippen LogP contribution in [-0.4, -0.2) is 18.0 Å². The van der Waals surface area contributed by atoms with Crippen LogP contribution < -0.4 is 0 Å². The summed E-state index contributed by atoms with van der Waals surface area (Å²) >= 11 is 15.7. The molecule has 1 aliphatic rings. The Bertz CT molecular complexity index is 370. The normalized spacial score (nSPS) is 25.7. The molecule has 1 nitrogen and oxygen atoms in total. The van der Waals surface area contributed by atoms with Crippen LogP contribution in [0, 0.1) is 5.92 Å². The molecule has 1 saturated heterocycles. The molecule has 0 spiro atoms. The fourth-order valence-corrected chi connectivity index (χ4v) is 2.94. The molecule has 0 N–H and O–H groups in total. The van der Waals surface area contributed by atoms with Crippen molar-refractivity contribution in [2.24, 2.45) is 5.92 Å². The SMILES string of the molecule is Clc1ccc(CC2COCCC2Br)c(Cl)c1. The summed E-state index contributed by atoms with van der Waals surface area (Å²) in [7, 11) is 0. The summed E-state index contributed by atoms with van der Waals surface area (Å²) in [6, 6.07) is 5.68. The molecule has 2 rings (SSSR count). The molecule has 1 aromatic carbocycles. The molecule has 2 unspecified atom stereocenters. The van der Waals surface area contributed by atoms with E-state index >= 15 is 0 Å². The van der Waals surface area contributed by atoms with Crippen molar-refractivity contribution >= 4 is 39.1 Å². The maximum Gasteiger partial charge on any atom is 0.0508 e. The van der Waals surface area contributed by atoms with Gasteiger partial charge in [0.1, 0.15) is 0 Å². The van der Waals surface area contributed by atoms with Crippen LogP contribution in [0.15, 0.2) is 18.2 Å². The van der Waals surface area contributed by atoms with E-state index in [-0.39, 0.29) is 0 Å². The molecule has 0 saturated carbocycles. The zero-order valence-electron chi connectivity index (χ0n) is 8.76. The summed E-state index contributed by atoms with van der Waals surface area (Å²) in [5.74, 6) is 0.493. The first-order valence-electron chi connectivity index (χ1n) is 5.32. The molecule has 0 bridgehead atoms. The summed E-state index contributed by atoms with van der Waals surface area (Å²) < 4.78 is 5.49. The Labute approximate surface area is 114 Å². The molecule has 1 aromatic rings. The summed E-state index contributed by atoms with van der Waals surface area (Å²) in [6.07, 6.45) is 2.00. The van der Waals surface area contributed by atoms with Crippen LogP contribution in [0.4, 0.5) is 0 Å². The Kier molecular flexibility index (Phi) is 4.54. The van der Waals surface area contributed by atoms with Crippen LogP contribution >= 0.6 is 39.1 Å². The van der Waals surface area contributed by atoms with Gasteiger partial charge in [-0.05, 0) is 36.5 Å². The van der Waals surface area contributed by atoms with Crippen molar-refractivity contribution in [1.29, 1.82) is 0 Å². The van der Waals surface area contributed by atoms with Gasteiger partial charge in [-0.3, -0.25) is 0 Å². The number of halogens is 3. The predicted octanol–water partition coefficient (Wildman–Crippen LogP) is 4.34. The van der Waals surface area contributed by atoms with Gasteiger partial charge in [0.05, 0.1) is 6.61 Å². The van der Waals surface area contributed by atoms with Gasteiger partial charge in [-0.1, -0.05) is 45.2 Å². The maximum atomic E-state index is 6.16. The summed E-state index contributed by atoms with van der Waals surface area (Å²) in [5, 5.41) is 1.43. The number of benzene rings is 1. The Balaban J connectivity index is 2.07. The van der Waals surface area contributed by atoms with Gasteiger partial charge in [-0.2, -0.15) is 0 Å². The first kappa shape index (κ1) is 12.7. The zero-order valence-corrected chi connectivity index (χ0v) is 11.9. The fraction of sp³-hybridized carbons (Fsp3) is 0.500. The highest BCUT2D eigenvalue weighted by atomic mass is 79.9. The highest BCUT2D eigenvalue weighted by molar-refractivity contribution is 9.09. The third-order valence-electron chi connectivity index (χ3n) is 2.88. The van der Waals surface area contributed by atoms with Crippen LogP contribution in [0.1, 0.15) is 12.0 Å². The molecule has 88 valence electrons. The molecular formula is C12H13BrCl2O. The van der Waals surface area contributed by atoms with Gasteiger partial charge >= 0.3 is 0 Å². The number of hydrogen-bond acceptors (Lipinski definition) is 1. The van der Waals surface area contributed by atoms with Crippen molar-refractivity contribution in [3.05, 3.63) is 33.8 Å². The van der Waals surface area contributed by atoms with Gasteiger partial charge in [-0.15, -0.1) is 0 Å². The van der Waals surface area contributed by atoms with E-state index in [4.69, 9.17) is 27.9 Å². The Morgan fingerprint density at radius 2 is 2.19 bits per heavy atom. The quantitative estimate of drug-likeness (QED) is 0.736. The van der Waals surface area contributed by atoms with E-state index in [1.54, 1.807) is 6.07 Å². The summed E-state index contributed by atoms with van der Waals surface area (Å²) in [5.41, 5.74) is 1.14. The molecule has 1 heterocycles. The summed E-state index contributed by atoms with van der Waals surface area (Å²) in [6.45, 7) is 1.65. The molecule has 0 amide bonds. The molecular weight excluding hydrogens is 311 g/mol. The van der Waals surface area contributed by atoms with Gasteiger partial charge in [0.15, 0.2) is 0 Å². The number of rotatable bonds is 2. The average molecular weight is 324 g/mol. The molecule has 0 aromatic heterocycles. The lowest BCUT2D eigenvalue weighted by atomic mass is 9.94. The van der Waals surface area contributed by atoms with Crippen LogP contribution in [-0.2, 0) is 11.2 Å². The standard InChI is InChI=1S/C12H13BrCl2O/c13-11-3-4-16-7-9(11)5-8-1-2-10(14)6-12(8)15/h1-2,6,9,11H,3-5,7H2. The molecule has 0 radical (unpaired) electrons. The van der Waals surface area contributed by atoms with Gasteiger partial charge in [0, 0.05) is 21.5 Å². The minimum Gasteiger partial charge on any atom is -0.381 e. The smallest absolute Gasteiger partial charge is 0.0508 e. The molecule has 0 aliphatic carbocycles. The second-order valence-electron chi connectivity index (χ2n) is 4.08. The molecule has 2 atom stereocenters. The lowest BCUT2D eigenvalue weighted by molar-refractivity contribution is 0.0606. The van der Waals surface area contributed by atoms with Crippen LogP contribution in [0.5, 0.6) is 0 Å². The van der Waals surface area contributed by atoms with Crippen molar-refractivity contribution in [3.63, 3.8) is 0 Å². The monoisotopic (exact) mass is 322 g/mol. The molecule has 16 heavy (non-hydrogen) atoms. The van der Waals surface area contributed by atoms with E-state index in [1.165, 1.54) is 0 Å². The van der Waals surface area contributed by atoms with Crippen molar-refractivity contribution in [2.75, 3.05) is 13.2 Å². The minimum atomic E-state index is 0.493. The van der Waals surface area contributed by atoms with Crippen LogP contribution in [0.2, 0.25) is 10.0 Å². The van der Waals surface area contributed by atoms with Crippen molar-refractivity contribution < 1.29 is 4.74 Å².